The van der Waals surface area contributed by atoms with Gasteiger partial charge in [-0.1, -0.05) is 6.07 Å². The van der Waals surface area contributed by atoms with E-state index in [1.807, 2.05) is 22.9 Å². The molecule has 5 heteroatoms. The normalized spacial score (nSPS) is 12.6. The van der Waals surface area contributed by atoms with Crippen molar-refractivity contribution in [1.82, 2.24) is 9.78 Å². The molecular formula is C21H23N3O2. The first kappa shape index (κ1) is 16.5. The van der Waals surface area contributed by atoms with Crippen molar-refractivity contribution in [1.29, 1.82) is 0 Å². The maximum Gasteiger partial charge on any atom is 0.133 e. The molecule has 0 unspecified atom stereocenters. The van der Waals surface area contributed by atoms with E-state index in [1.54, 1.807) is 14.2 Å². The molecule has 0 radical (unpaired) electrons. The van der Waals surface area contributed by atoms with Gasteiger partial charge in [0.05, 0.1) is 25.6 Å². The number of rotatable bonds is 4. The van der Waals surface area contributed by atoms with E-state index < -0.39 is 0 Å². The number of hydrogen-bond acceptors (Lipinski definition) is 4. The first-order valence-corrected chi connectivity index (χ1v) is 8.77. The average Bonchev–Trinajstić information content (AvgIpc) is 3.26. The molecule has 0 aliphatic carbocycles. The minimum Gasteiger partial charge on any atom is -0.497 e. The molecule has 0 saturated carbocycles. The lowest BCUT2D eigenvalue weighted by atomic mass is 10.1. The fraction of sp³-hybridized carbons (Fsp3) is 0.286. The predicted octanol–water partition coefficient (Wildman–Crippen LogP) is 4.14. The summed E-state index contributed by atoms with van der Waals surface area (Å²) in [7, 11) is 3.33. The Bertz CT molecular complexity index is 953. The molecule has 1 N–H and O–H groups in total. The second kappa shape index (κ2) is 6.41. The number of fused-ring (bicyclic) bond motifs is 1. The first-order valence-electron chi connectivity index (χ1n) is 8.77. The Morgan fingerprint density at radius 2 is 1.69 bits per heavy atom. The number of benzene rings is 2. The van der Waals surface area contributed by atoms with Gasteiger partial charge < -0.3 is 14.8 Å². The molecule has 2 aromatic carbocycles. The van der Waals surface area contributed by atoms with E-state index in [-0.39, 0.29) is 0 Å². The number of methoxy groups -OCH3 is 2. The highest BCUT2D eigenvalue weighted by atomic mass is 16.5. The molecule has 0 atom stereocenters. The third-order valence-electron chi connectivity index (χ3n) is 5.01. The summed E-state index contributed by atoms with van der Waals surface area (Å²) in [4.78, 5) is 0. The van der Waals surface area contributed by atoms with Crippen LogP contribution in [0.15, 0.2) is 36.4 Å². The third-order valence-corrected chi connectivity index (χ3v) is 5.01. The lowest BCUT2D eigenvalue weighted by Crippen LogP contribution is -2.04. The van der Waals surface area contributed by atoms with Gasteiger partial charge >= 0.3 is 0 Å². The molecule has 0 saturated heterocycles. The van der Waals surface area contributed by atoms with Gasteiger partial charge in [0.15, 0.2) is 0 Å². The first-order chi connectivity index (χ1) is 12.6. The molecule has 0 bridgehead atoms. The van der Waals surface area contributed by atoms with Gasteiger partial charge in [0, 0.05) is 23.7 Å². The summed E-state index contributed by atoms with van der Waals surface area (Å²) in [6, 6.07) is 12.3. The predicted molar refractivity (Wildman–Crippen MR) is 104 cm³/mol. The van der Waals surface area contributed by atoms with Crippen LogP contribution in [0.3, 0.4) is 0 Å². The van der Waals surface area contributed by atoms with Gasteiger partial charge in [-0.3, -0.25) is 0 Å². The van der Waals surface area contributed by atoms with E-state index in [1.165, 1.54) is 16.7 Å². The van der Waals surface area contributed by atoms with Gasteiger partial charge in [-0.2, -0.15) is 5.10 Å². The molecule has 5 nitrogen and oxygen atoms in total. The van der Waals surface area contributed by atoms with E-state index >= 15 is 0 Å². The van der Waals surface area contributed by atoms with Crippen molar-refractivity contribution in [2.75, 3.05) is 26.1 Å². The van der Waals surface area contributed by atoms with Crippen LogP contribution in [0.1, 0.15) is 16.7 Å². The van der Waals surface area contributed by atoms with Gasteiger partial charge in [-0.05, 0) is 55.7 Å². The van der Waals surface area contributed by atoms with Crippen molar-refractivity contribution in [2.45, 2.75) is 20.3 Å². The van der Waals surface area contributed by atoms with Crippen LogP contribution >= 0.6 is 0 Å². The Balaban J connectivity index is 1.88. The van der Waals surface area contributed by atoms with Gasteiger partial charge in [0.1, 0.15) is 17.3 Å². The molecule has 3 aromatic rings. The lowest BCUT2D eigenvalue weighted by molar-refractivity contribution is 0.394. The molecule has 134 valence electrons. The summed E-state index contributed by atoms with van der Waals surface area (Å²) in [6.45, 7) is 5.18. The SMILES string of the molecule is COc1cc(OC)cc(-c2nn(-c3ccc(C)c(C)c3)c3c2CCN3)c1. The number of ether oxygens (including phenoxy) is 2. The summed E-state index contributed by atoms with van der Waals surface area (Å²) >= 11 is 0. The van der Waals surface area contributed by atoms with Crippen LogP contribution in [0.5, 0.6) is 11.5 Å². The second-order valence-corrected chi connectivity index (χ2v) is 6.63. The quantitative estimate of drug-likeness (QED) is 0.769. The molecule has 1 aliphatic rings. The van der Waals surface area contributed by atoms with E-state index in [0.717, 1.165) is 47.2 Å². The van der Waals surface area contributed by atoms with Crippen molar-refractivity contribution >= 4 is 5.82 Å². The van der Waals surface area contributed by atoms with Crippen molar-refractivity contribution in [3.8, 4) is 28.4 Å². The zero-order valence-corrected chi connectivity index (χ0v) is 15.6. The topological polar surface area (TPSA) is 48.3 Å². The van der Waals surface area contributed by atoms with Crippen LogP contribution in [0.25, 0.3) is 16.9 Å². The summed E-state index contributed by atoms with van der Waals surface area (Å²) in [5.74, 6) is 2.60. The summed E-state index contributed by atoms with van der Waals surface area (Å²) in [5.41, 5.74) is 6.82. The summed E-state index contributed by atoms with van der Waals surface area (Å²) < 4.78 is 12.9. The molecule has 1 aliphatic heterocycles. The average molecular weight is 349 g/mol. The molecule has 0 fully saturated rings. The minimum absolute atomic E-state index is 0.764. The molecule has 0 spiro atoms. The van der Waals surface area contributed by atoms with Crippen molar-refractivity contribution in [3.63, 3.8) is 0 Å². The Hall–Kier alpha value is -2.95. The number of hydrogen-bond donors (Lipinski definition) is 1. The summed E-state index contributed by atoms with van der Waals surface area (Å²) in [6.07, 6.45) is 0.953. The maximum absolute atomic E-state index is 5.43. The fourth-order valence-corrected chi connectivity index (χ4v) is 3.39. The van der Waals surface area contributed by atoms with Crippen LogP contribution in [-0.2, 0) is 6.42 Å². The third kappa shape index (κ3) is 2.69. The van der Waals surface area contributed by atoms with Gasteiger partial charge in [0.2, 0.25) is 0 Å². The van der Waals surface area contributed by atoms with Crippen LogP contribution < -0.4 is 14.8 Å². The largest absolute Gasteiger partial charge is 0.497 e. The number of nitrogens with zero attached hydrogens (tertiary/aromatic N) is 2. The Kier molecular flexibility index (Phi) is 4.07. The zero-order valence-electron chi connectivity index (χ0n) is 15.6. The Morgan fingerprint density at radius 3 is 2.35 bits per heavy atom. The highest BCUT2D eigenvalue weighted by Crippen LogP contribution is 2.37. The molecule has 1 aromatic heterocycles. The number of aryl methyl sites for hydroxylation is 2. The number of aromatic nitrogens is 2. The van der Waals surface area contributed by atoms with Crippen LogP contribution in [0, 0.1) is 13.8 Å². The van der Waals surface area contributed by atoms with Gasteiger partial charge in [0.25, 0.3) is 0 Å². The lowest BCUT2D eigenvalue weighted by Gasteiger charge is -2.09. The summed E-state index contributed by atoms with van der Waals surface area (Å²) in [5, 5.41) is 8.42. The Morgan fingerprint density at radius 1 is 0.962 bits per heavy atom. The van der Waals surface area contributed by atoms with Crippen LogP contribution in [0.4, 0.5) is 5.82 Å². The molecular weight excluding hydrogens is 326 g/mol. The van der Waals surface area contributed by atoms with E-state index in [0.29, 0.717) is 0 Å². The minimum atomic E-state index is 0.764. The standard InChI is InChI=1S/C21H23N3O2/c1-13-5-6-16(9-14(13)2)24-21-19(7-8-22-21)20(23-24)15-10-17(25-3)12-18(11-15)26-4/h5-6,9-12,22H,7-8H2,1-4H3. The highest BCUT2D eigenvalue weighted by Gasteiger charge is 2.24. The van der Waals surface area contributed by atoms with Crippen molar-refractivity contribution in [2.24, 2.45) is 0 Å². The second-order valence-electron chi connectivity index (χ2n) is 6.63. The van der Waals surface area contributed by atoms with E-state index in [9.17, 15) is 0 Å². The number of anilines is 1. The molecule has 0 amide bonds. The van der Waals surface area contributed by atoms with Crippen LogP contribution in [0.2, 0.25) is 0 Å². The maximum atomic E-state index is 5.43. The number of nitrogens with one attached hydrogen (secondary N) is 1. The monoisotopic (exact) mass is 349 g/mol. The zero-order chi connectivity index (χ0) is 18.3. The van der Waals surface area contributed by atoms with Gasteiger partial charge in [-0.25, -0.2) is 4.68 Å². The Labute approximate surface area is 153 Å². The molecule has 26 heavy (non-hydrogen) atoms. The van der Waals surface area contributed by atoms with Crippen molar-refractivity contribution < 1.29 is 9.47 Å². The smallest absolute Gasteiger partial charge is 0.133 e. The van der Waals surface area contributed by atoms with Crippen LogP contribution in [-0.4, -0.2) is 30.5 Å². The van der Waals surface area contributed by atoms with E-state index in [2.05, 4.69) is 37.4 Å². The van der Waals surface area contributed by atoms with Crippen molar-refractivity contribution in [3.05, 3.63) is 53.1 Å². The van der Waals surface area contributed by atoms with Gasteiger partial charge in [-0.15, -0.1) is 0 Å². The molecule has 2 heterocycles. The fourth-order valence-electron chi connectivity index (χ4n) is 3.39. The highest BCUT2D eigenvalue weighted by molar-refractivity contribution is 5.74. The molecule has 4 rings (SSSR count). The van der Waals surface area contributed by atoms with E-state index in [4.69, 9.17) is 14.6 Å².